The Morgan fingerprint density at radius 2 is 1.92 bits per heavy atom. The first-order valence-corrected chi connectivity index (χ1v) is 14.7. The van der Waals surface area contributed by atoms with Crippen molar-refractivity contribution in [1.29, 1.82) is 0 Å². The van der Waals surface area contributed by atoms with Gasteiger partial charge in [0.1, 0.15) is 16.9 Å². The number of rotatable bonds is 8. The van der Waals surface area contributed by atoms with Crippen molar-refractivity contribution in [2.24, 2.45) is 11.7 Å². The van der Waals surface area contributed by atoms with E-state index in [9.17, 15) is 9.18 Å². The van der Waals surface area contributed by atoms with E-state index in [1.807, 2.05) is 35.2 Å². The lowest BCUT2D eigenvalue weighted by atomic mass is 9.94. The Balaban J connectivity index is 1.35. The molecule has 2 aliphatic heterocycles. The molecule has 2 aromatic heterocycles. The maximum atomic E-state index is 14.8. The average Bonchev–Trinajstić information content (AvgIpc) is 3.45. The zero-order chi connectivity index (χ0) is 27.4. The summed E-state index contributed by atoms with van der Waals surface area (Å²) in [6.45, 7) is 7.90. The van der Waals surface area contributed by atoms with E-state index in [-0.39, 0.29) is 18.4 Å². The summed E-state index contributed by atoms with van der Waals surface area (Å²) in [5.74, 6) is -0.414. The second-order valence-corrected chi connectivity index (χ2v) is 11.6. The molecule has 0 saturated carbocycles. The lowest BCUT2D eigenvalue weighted by molar-refractivity contribution is 0.102. The third-order valence-corrected chi connectivity index (χ3v) is 8.75. The molecule has 2 atom stereocenters. The van der Waals surface area contributed by atoms with Crippen molar-refractivity contribution in [1.82, 2.24) is 14.9 Å². The number of hydrogen-bond donors (Lipinski definition) is 3. The quantitative estimate of drug-likeness (QED) is 0.368. The highest BCUT2D eigenvalue weighted by molar-refractivity contribution is 7.13. The minimum Gasteiger partial charge on any atom is -0.382 e. The van der Waals surface area contributed by atoms with Gasteiger partial charge in [0.2, 0.25) is 0 Å². The van der Waals surface area contributed by atoms with Crippen LogP contribution in [-0.4, -0.2) is 71.8 Å². The smallest absolute Gasteiger partial charge is 0.275 e. The molecular formula is C29H38FN7OS. The molecule has 0 bridgehead atoms. The van der Waals surface area contributed by atoms with Crippen LogP contribution in [-0.2, 0) is 0 Å². The number of aromatic nitrogens is 2. The van der Waals surface area contributed by atoms with Crippen LogP contribution in [0.3, 0.4) is 0 Å². The van der Waals surface area contributed by atoms with E-state index in [0.717, 1.165) is 47.9 Å². The summed E-state index contributed by atoms with van der Waals surface area (Å²) in [4.78, 5) is 26.5. The lowest BCUT2D eigenvalue weighted by Gasteiger charge is -2.37. The standard InChI is InChI=1S/C29H38FN7OS/c1-19(2)36-13-8-22(9-14-36)33-23-3-4-27(37-12-7-21(16-31)24(30)17-37)25(15-23)34-28(38)26-18-39-29(35-26)20-5-10-32-11-6-20/h3-6,10-11,15,18-19,21-22,24,33H,7-9,12-14,16-17,31H2,1-2H3,(H,34,38). The summed E-state index contributed by atoms with van der Waals surface area (Å²) in [7, 11) is 0. The molecule has 4 N–H and O–H groups in total. The average molecular weight is 552 g/mol. The number of nitrogens with one attached hydrogen (secondary N) is 2. The summed E-state index contributed by atoms with van der Waals surface area (Å²) in [5.41, 5.74) is 9.46. The van der Waals surface area contributed by atoms with Gasteiger partial charge in [0, 0.05) is 73.2 Å². The number of nitrogens with zero attached hydrogens (tertiary/aromatic N) is 4. The van der Waals surface area contributed by atoms with E-state index in [1.54, 1.807) is 17.8 Å². The minimum atomic E-state index is -1.00. The molecule has 2 unspecified atom stereocenters. The largest absolute Gasteiger partial charge is 0.382 e. The van der Waals surface area contributed by atoms with Gasteiger partial charge in [-0.15, -0.1) is 11.3 Å². The van der Waals surface area contributed by atoms with Gasteiger partial charge in [-0.1, -0.05) is 0 Å². The van der Waals surface area contributed by atoms with Crippen LogP contribution in [0, 0.1) is 5.92 Å². The number of alkyl halides is 1. The Kier molecular flexibility index (Phi) is 8.74. The number of benzene rings is 1. The van der Waals surface area contributed by atoms with Crippen LogP contribution in [0.4, 0.5) is 21.5 Å². The molecule has 2 fully saturated rings. The fourth-order valence-corrected chi connectivity index (χ4v) is 6.23. The summed E-state index contributed by atoms with van der Waals surface area (Å²) < 4.78 is 14.8. The number of thiazole rings is 1. The van der Waals surface area contributed by atoms with Gasteiger partial charge in [0.15, 0.2) is 0 Å². The van der Waals surface area contributed by atoms with Crippen molar-refractivity contribution in [2.45, 2.75) is 51.4 Å². The lowest BCUT2D eigenvalue weighted by Crippen LogP contribution is -2.44. The molecule has 2 aliphatic rings. The van der Waals surface area contributed by atoms with Gasteiger partial charge in [-0.2, -0.15) is 0 Å². The molecule has 10 heteroatoms. The predicted molar refractivity (Wildman–Crippen MR) is 157 cm³/mol. The summed E-state index contributed by atoms with van der Waals surface area (Å²) in [5, 5.41) is 9.28. The molecule has 208 valence electrons. The van der Waals surface area contributed by atoms with Gasteiger partial charge < -0.3 is 26.2 Å². The third-order valence-electron chi connectivity index (χ3n) is 7.86. The van der Waals surface area contributed by atoms with E-state index in [0.29, 0.717) is 43.0 Å². The highest BCUT2D eigenvalue weighted by Gasteiger charge is 2.30. The summed E-state index contributed by atoms with van der Waals surface area (Å²) in [6.07, 6.45) is 5.22. The fraction of sp³-hybridized carbons (Fsp3) is 0.483. The van der Waals surface area contributed by atoms with E-state index in [1.165, 1.54) is 11.3 Å². The topological polar surface area (TPSA) is 99.4 Å². The van der Waals surface area contributed by atoms with Gasteiger partial charge in [0.25, 0.3) is 5.91 Å². The SMILES string of the molecule is CC(C)N1CCC(Nc2ccc(N3CCC(CN)C(F)C3)c(NC(=O)c3csc(-c4ccncc4)n3)c2)CC1. The Bertz CT molecular complexity index is 1250. The highest BCUT2D eigenvalue weighted by Crippen LogP contribution is 2.34. The zero-order valence-electron chi connectivity index (χ0n) is 22.6. The first-order valence-electron chi connectivity index (χ1n) is 13.8. The van der Waals surface area contributed by atoms with Crippen LogP contribution in [0.25, 0.3) is 10.6 Å². The molecular weight excluding hydrogens is 513 g/mol. The second-order valence-electron chi connectivity index (χ2n) is 10.8. The van der Waals surface area contributed by atoms with Crippen molar-refractivity contribution < 1.29 is 9.18 Å². The first-order chi connectivity index (χ1) is 18.9. The number of nitrogens with two attached hydrogens (primary N) is 1. The zero-order valence-corrected chi connectivity index (χ0v) is 23.5. The van der Waals surface area contributed by atoms with Gasteiger partial charge in [0.05, 0.1) is 11.4 Å². The number of hydrogen-bond acceptors (Lipinski definition) is 8. The number of amides is 1. The van der Waals surface area contributed by atoms with Crippen molar-refractivity contribution >= 4 is 34.3 Å². The van der Waals surface area contributed by atoms with Crippen molar-refractivity contribution in [3.8, 4) is 10.6 Å². The Labute approximate surface area is 233 Å². The van der Waals surface area contributed by atoms with Crippen LogP contribution in [0.15, 0.2) is 48.1 Å². The summed E-state index contributed by atoms with van der Waals surface area (Å²) in [6, 6.07) is 10.7. The number of likely N-dealkylation sites (tertiary alicyclic amines) is 1. The minimum absolute atomic E-state index is 0.126. The van der Waals surface area contributed by atoms with Crippen LogP contribution >= 0.6 is 11.3 Å². The third kappa shape index (κ3) is 6.57. The van der Waals surface area contributed by atoms with Crippen LogP contribution in [0.1, 0.15) is 43.6 Å². The number of anilines is 3. The normalized spacial score (nSPS) is 20.8. The van der Waals surface area contributed by atoms with Crippen molar-refractivity contribution in [3.63, 3.8) is 0 Å². The van der Waals surface area contributed by atoms with Crippen LogP contribution in [0.5, 0.6) is 0 Å². The fourth-order valence-electron chi connectivity index (χ4n) is 5.43. The Morgan fingerprint density at radius 3 is 2.62 bits per heavy atom. The molecule has 0 radical (unpaired) electrons. The molecule has 0 aliphatic carbocycles. The molecule has 1 amide bonds. The Morgan fingerprint density at radius 1 is 1.15 bits per heavy atom. The number of carbonyl (C=O) groups is 1. The number of pyridine rings is 1. The van der Waals surface area contributed by atoms with Gasteiger partial charge in [-0.3, -0.25) is 9.78 Å². The predicted octanol–water partition coefficient (Wildman–Crippen LogP) is 4.87. The number of piperidine rings is 2. The van der Waals surface area contributed by atoms with Gasteiger partial charge >= 0.3 is 0 Å². The molecule has 1 aromatic carbocycles. The van der Waals surface area contributed by atoms with Crippen LogP contribution in [0.2, 0.25) is 0 Å². The van der Waals surface area contributed by atoms with E-state index < -0.39 is 6.17 Å². The van der Waals surface area contributed by atoms with E-state index in [4.69, 9.17) is 5.73 Å². The molecule has 3 aromatic rings. The summed E-state index contributed by atoms with van der Waals surface area (Å²) >= 11 is 1.42. The molecule has 4 heterocycles. The monoisotopic (exact) mass is 551 g/mol. The molecule has 8 nitrogen and oxygen atoms in total. The van der Waals surface area contributed by atoms with E-state index >= 15 is 0 Å². The van der Waals surface area contributed by atoms with Crippen molar-refractivity contribution in [2.75, 3.05) is 48.3 Å². The Hall–Kier alpha value is -3.08. The van der Waals surface area contributed by atoms with Gasteiger partial charge in [-0.05, 0) is 70.0 Å². The van der Waals surface area contributed by atoms with Gasteiger partial charge in [-0.25, -0.2) is 9.37 Å². The molecule has 39 heavy (non-hydrogen) atoms. The van der Waals surface area contributed by atoms with Crippen molar-refractivity contribution in [3.05, 3.63) is 53.8 Å². The molecule has 2 saturated heterocycles. The number of halogens is 1. The maximum absolute atomic E-state index is 14.8. The van der Waals surface area contributed by atoms with Crippen LogP contribution < -0.4 is 21.3 Å². The maximum Gasteiger partial charge on any atom is 0.275 e. The molecule has 5 rings (SSSR count). The second kappa shape index (κ2) is 12.4. The highest BCUT2D eigenvalue weighted by atomic mass is 32.1. The van der Waals surface area contributed by atoms with E-state index in [2.05, 4.69) is 39.3 Å². The molecule has 0 spiro atoms. The number of carbonyl (C=O) groups excluding carboxylic acids is 1. The first kappa shape index (κ1) is 27.5.